The van der Waals surface area contributed by atoms with Crippen molar-refractivity contribution in [2.45, 2.75) is 56.6 Å². The van der Waals surface area contributed by atoms with Crippen LogP contribution in [-0.2, 0) is 4.79 Å². The third-order valence-electron chi connectivity index (χ3n) is 4.58. The number of halogens is 3. The zero-order chi connectivity index (χ0) is 16.8. The fourth-order valence-corrected chi connectivity index (χ4v) is 2.87. The van der Waals surface area contributed by atoms with Gasteiger partial charge in [-0.3, -0.25) is 4.79 Å². The van der Waals surface area contributed by atoms with Gasteiger partial charge < -0.3 is 15.7 Å². The molecule has 1 aliphatic heterocycles. The molecule has 1 unspecified atom stereocenters. The first kappa shape index (κ1) is 19.3. The standard InChI is InChI=1S/C14H26BF3N2O2/c15-7-2-1-5-13(19,12(21)22)6-10-20-8-3-11(4-9-20)14(16,17)18/h11H,1-10,15,19H2,(H,21,22). The van der Waals surface area contributed by atoms with Gasteiger partial charge in [0.25, 0.3) is 0 Å². The topological polar surface area (TPSA) is 66.6 Å². The first-order valence-electron chi connectivity index (χ1n) is 8.00. The van der Waals surface area contributed by atoms with Crippen molar-refractivity contribution >= 4 is 13.8 Å². The van der Waals surface area contributed by atoms with Gasteiger partial charge in [-0.1, -0.05) is 19.2 Å². The minimum atomic E-state index is -4.12. The van der Waals surface area contributed by atoms with E-state index in [1.807, 2.05) is 12.7 Å². The minimum Gasteiger partial charge on any atom is -0.480 e. The summed E-state index contributed by atoms with van der Waals surface area (Å²) in [6.07, 6.45) is -0.573. The molecule has 1 rings (SSSR count). The highest BCUT2D eigenvalue weighted by Gasteiger charge is 2.41. The quantitative estimate of drug-likeness (QED) is 0.527. The maximum absolute atomic E-state index is 12.6. The summed E-state index contributed by atoms with van der Waals surface area (Å²) in [7, 11) is 2.03. The molecule has 0 bridgehead atoms. The Morgan fingerprint density at radius 2 is 1.82 bits per heavy atom. The van der Waals surface area contributed by atoms with Crippen LogP contribution < -0.4 is 5.73 Å². The van der Waals surface area contributed by atoms with Crippen LogP contribution in [0, 0.1) is 5.92 Å². The highest BCUT2D eigenvalue weighted by molar-refractivity contribution is 6.08. The Morgan fingerprint density at radius 3 is 2.27 bits per heavy atom. The van der Waals surface area contributed by atoms with E-state index in [9.17, 15) is 23.1 Å². The molecule has 0 amide bonds. The number of carbonyl (C=O) groups is 1. The Bertz CT molecular complexity index is 360. The van der Waals surface area contributed by atoms with Gasteiger partial charge in [0.15, 0.2) is 0 Å². The average molecular weight is 322 g/mol. The number of likely N-dealkylation sites (tertiary alicyclic amines) is 1. The normalized spacial score (nSPS) is 20.7. The van der Waals surface area contributed by atoms with Crippen molar-refractivity contribution in [1.29, 1.82) is 0 Å². The second kappa shape index (κ2) is 8.20. The van der Waals surface area contributed by atoms with E-state index < -0.39 is 23.6 Å². The molecule has 0 radical (unpaired) electrons. The van der Waals surface area contributed by atoms with Crippen molar-refractivity contribution in [2.75, 3.05) is 19.6 Å². The van der Waals surface area contributed by atoms with Crippen molar-refractivity contribution in [3.63, 3.8) is 0 Å². The number of nitrogens with two attached hydrogens (primary N) is 1. The van der Waals surface area contributed by atoms with E-state index in [0.29, 0.717) is 26.1 Å². The number of aliphatic carboxylic acids is 1. The maximum atomic E-state index is 12.6. The number of piperidine rings is 1. The lowest BCUT2D eigenvalue weighted by Crippen LogP contribution is -2.51. The van der Waals surface area contributed by atoms with Crippen molar-refractivity contribution in [1.82, 2.24) is 4.90 Å². The SMILES string of the molecule is BCCCCC(N)(CCN1CCC(C(F)(F)F)CC1)C(=O)O. The zero-order valence-electron chi connectivity index (χ0n) is 13.2. The molecule has 1 aliphatic rings. The van der Waals surface area contributed by atoms with Crippen molar-refractivity contribution < 1.29 is 23.1 Å². The van der Waals surface area contributed by atoms with Crippen LogP contribution in [0.4, 0.5) is 13.2 Å². The fourth-order valence-electron chi connectivity index (χ4n) is 2.87. The van der Waals surface area contributed by atoms with Gasteiger partial charge in [0.1, 0.15) is 13.4 Å². The van der Waals surface area contributed by atoms with E-state index in [4.69, 9.17) is 5.73 Å². The Balaban J connectivity index is 2.42. The van der Waals surface area contributed by atoms with Crippen molar-refractivity contribution in [3.8, 4) is 0 Å². The van der Waals surface area contributed by atoms with Crippen molar-refractivity contribution in [3.05, 3.63) is 0 Å². The number of rotatable bonds is 8. The number of nitrogens with zero attached hydrogens (tertiary/aromatic N) is 1. The highest BCUT2D eigenvalue weighted by atomic mass is 19.4. The van der Waals surface area contributed by atoms with Gasteiger partial charge in [-0.05, 0) is 38.8 Å². The molecule has 128 valence electrons. The molecule has 1 heterocycles. The van der Waals surface area contributed by atoms with E-state index >= 15 is 0 Å². The lowest BCUT2D eigenvalue weighted by atomic mass is 9.87. The number of hydrogen-bond donors (Lipinski definition) is 2. The van der Waals surface area contributed by atoms with Gasteiger partial charge in [-0.15, -0.1) is 0 Å². The van der Waals surface area contributed by atoms with Gasteiger partial charge in [-0.2, -0.15) is 13.2 Å². The molecule has 0 aromatic carbocycles. The summed E-state index contributed by atoms with van der Waals surface area (Å²) in [6.45, 7) is 1.16. The lowest BCUT2D eigenvalue weighted by Gasteiger charge is -2.35. The highest BCUT2D eigenvalue weighted by Crippen LogP contribution is 2.34. The molecule has 1 saturated heterocycles. The van der Waals surface area contributed by atoms with Crippen LogP contribution in [0.25, 0.3) is 0 Å². The Morgan fingerprint density at radius 1 is 1.23 bits per heavy atom. The molecule has 1 fully saturated rings. The number of unbranched alkanes of at least 4 members (excludes halogenated alkanes) is 1. The molecule has 22 heavy (non-hydrogen) atoms. The van der Waals surface area contributed by atoms with E-state index in [0.717, 1.165) is 19.2 Å². The third kappa shape index (κ3) is 5.80. The third-order valence-corrected chi connectivity index (χ3v) is 4.58. The second-order valence-electron chi connectivity index (χ2n) is 6.33. The smallest absolute Gasteiger partial charge is 0.391 e. The van der Waals surface area contributed by atoms with Gasteiger partial charge in [0, 0.05) is 6.54 Å². The maximum Gasteiger partial charge on any atom is 0.391 e. The molecule has 0 aromatic heterocycles. The first-order chi connectivity index (χ1) is 10.2. The molecular formula is C14H26BF3N2O2. The lowest BCUT2D eigenvalue weighted by molar-refractivity contribution is -0.185. The Labute approximate surface area is 130 Å². The average Bonchev–Trinajstić information content (AvgIpc) is 2.45. The monoisotopic (exact) mass is 322 g/mol. The van der Waals surface area contributed by atoms with Crippen LogP contribution in [-0.4, -0.2) is 55.2 Å². The van der Waals surface area contributed by atoms with Gasteiger partial charge in [0.2, 0.25) is 0 Å². The number of hydrogen-bond acceptors (Lipinski definition) is 3. The molecule has 0 aliphatic carbocycles. The predicted octanol–water partition coefficient (Wildman–Crippen LogP) is 1.65. The van der Waals surface area contributed by atoms with Gasteiger partial charge in [-0.25, -0.2) is 0 Å². The molecule has 4 nitrogen and oxygen atoms in total. The van der Waals surface area contributed by atoms with Crippen LogP contribution in [0.15, 0.2) is 0 Å². The van der Waals surface area contributed by atoms with Crippen LogP contribution in [0.1, 0.15) is 38.5 Å². The zero-order valence-corrected chi connectivity index (χ0v) is 13.2. The summed E-state index contributed by atoms with van der Waals surface area (Å²) in [6, 6.07) is 0. The molecule has 3 N–H and O–H groups in total. The number of alkyl halides is 3. The van der Waals surface area contributed by atoms with Gasteiger partial charge in [0.05, 0.1) is 5.92 Å². The number of carboxylic acid groups (broad SMARTS) is 1. The van der Waals surface area contributed by atoms with Crippen LogP contribution in [0.3, 0.4) is 0 Å². The summed E-state index contributed by atoms with van der Waals surface area (Å²) >= 11 is 0. The molecular weight excluding hydrogens is 296 g/mol. The van der Waals surface area contributed by atoms with E-state index in [1.54, 1.807) is 0 Å². The molecule has 8 heteroatoms. The molecule has 0 spiro atoms. The van der Waals surface area contributed by atoms with Crippen molar-refractivity contribution in [2.24, 2.45) is 11.7 Å². The van der Waals surface area contributed by atoms with E-state index in [-0.39, 0.29) is 19.3 Å². The summed E-state index contributed by atoms with van der Waals surface area (Å²) in [5.74, 6) is -2.25. The summed E-state index contributed by atoms with van der Waals surface area (Å²) in [4.78, 5) is 13.3. The Kier molecular flexibility index (Phi) is 7.19. The fraction of sp³-hybridized carbons (Fsp3) is 0.929. The summed E-state index contributed by atoms with van der Waals surface area (Å²) in [5, 5.41) is 9.32. The number of carboxylic acids is 1. The Hall–Kier alpha value is -0.755. The molecule has 0 aromatic rings. The minimum absolute atomic E-state index is 0.0873. The van der Waals surface area contributed by atoms with E-state index in [1.165, 1.54) is 0 Å². The summed E-state index contributed by atoms with van der Waals surface area (Å²) in [5.41, 5.74) is 4.72. The van der Waals surface area contributed by atoms with Gasteiger partial charge >= 0.3 is 12.1 Å². The largest absolute Gasteiger partial charge is 0.480 e. The predicted molar refractivity (Wildman–Crippen MR) is 81.6 cm³/mol. The second-order valence-corrected chi connectivity index (χ2v) is 6.33. The van der Waals surface area contributed by atoms with Crippen LogP contribution in [0.5, 0.6) is 0 Å². The van der Waals surface area contributed by atoms with E-state index in [2.05, 4.69) is 0 Å². The van der Waals surface area contributed by atoms with Crippen LogP contribution >= 0.6 is 0 Å². The summed E-state index contributed by atoms with van der Waals surface area (Å²) < 4.78 is 37.8. The molecule has 0 saturated carbocycles. The molecule has 1 atom stereocenters. The van der Waals surface area contributed by atoms with Crippen LogP contribution in [0.2, 0.25) is 6.32 Å². The first-order valence-corrected chi connectivity index (χ1v) is 8.00.